The molecule has 2 fully saturated rings. The van der Waals surface area contributed by atoms with E-state index in [1.165, 1.54) is 4.57 Å². The Morgan fingerprint density at radius 3 is 2.66 bits per heavy atom. The van der Waals surface area contributed by atoms with E-state index in [2.05, 4.69) is 20.6 Å². The van der Waals surface area contributed by atoms with Gasteiger partial charge in [-0.3, -0.25) is 19.9 Å². The van der Waals surface area contributed by atoms with Crippen LogP contribution in [0.25, 0.3) is 10.9 Å². The van der Waals surface area contributed by atoms with Crippen molar-refractivity contribution in [3.8, 4) is 0 Å². The van der Waals surface area contributed by atoms with Gasteiger partial charge >= 0.3 is 6.09 Å². The van der Waals surface area contributed by atoms with Crippen molar-refractivity contribution in [2.24, 2.45) is 11.8 Å². The Morgan fingerprint density at radius 1 is 1.20 bits per heavy atom. The smallest absolute Gasteiger partial charge is 0.412 e. The molecule has 3 aromatic heterocycles. The number of amides is 2. The summed E-state index contributed by atoms with van der Waals surface area (Å²) in [4.78, 5) is 46.3. The van der Waals surface area contributed by atoms with Crippen LogP contribution in [0.2, 0.25) is 0 Å². The summed E-state index contributed by atoms with van der Waals surface area (Å²) in [6.07, 6.45) is 9.04. The molecule has 0 saturated heterocycles. The largest absolute Gasteiger partial charge is 0.438 e. The van der Waals surface area contributed by atoms with E-state index in [0.717, 1.165) is 60.7 Å². The van der Waals surface area contributed by atoms with E-state index in [4.69, 9.17) is 4.74 Å². The third kappa shape index (κ3) is 4.31. The van der Waals surface area contributed by atoms with E-state index in [1.807, 2.05) is 31.3 Å². The number of cyclic esters (lactones) is 1. The summed E-state index contributed by atoms with van der Waals surface area (Å²) in [5.74, 6) is 0.756. The fraction of sp³-hybridized carbons (Fsp3) is 0.462. The number of carbonyl (C=O) groups is 2. The molecule has 6 rings (SSSR count). The topological polar surface area (TPSA) is 118 Å². The maximum absolute atomic E-state index is 13.5. The maximum atomic E-state index is 13.5. The molecule has 0 bridgehead atoms. The van der Waals surface area contributed by atoms with Crippen LogP contribution in [-0.2, 0) is 28.2 Å². The van der Waals surface area contributed by atoms with Gasteiger partial charge < -0.3 is 19.6 Å². The minimum Gasteiger partial charge on any atom is -0.438 e. The number of aromatic nitrogens is 3. The normalized spacial score (nSPS) is 18.6. The van der Waals surface area contributed by atoms with Crippen LogP contribution in [0, 0.1) is 18.8 Å². The predicted octanol–water partition coefficient (Wildman–Crippen LogP) is 3.71. The number of aryl methyl sites for hydroxylation is 1. The second kappa shape index (κ2) is 8.25. The first kappa shape index (κ1) is 21.9. The average molecular weight is 476 g/mol. The van der Waals surface area contributed by atoms with E-state index in [1.54, 1.807) is 6.20 Å². The van der Waals surface area contributed by atoms with E-state index in [9.17, 15) is 14.4 Å². The van der Waals surface area contributed by atoms with Crippen LogP contribution in [0.4, 0.5) is 10.5 Å². The summed E-state index contributed by atoms with van der Waals surface area (Å²) in [6, 6.07) is 5.79. The van der Waals surface area contributed by atoms with E-state index >= 15 is 0 Å². The van der Waals surface area contributed by atoms with Gasteiger partial charge in [-0.1, -0.05) is 25.7 Å². The van der Waals surface area contributed by atoms with Gasteiger partial charge in [0.25, 0.3) is 5.56 Å². The Hall–Kier alpha value is -3.62. The Bertz CT molecular complexity index is 1370. The maximum Gasteiger partial charge on any atom is 0.412 e. The van der Waals surface area contributed by atoms with Gasteiger partial charge in [0.15, 0.2) is 0 Å². The quantitative estimate of drug-likeness (QED) is 0.459. The molecule has 0 unspecified atom stereocenters. The molecule has 9 nitrogen and oxygen atoms in total. The first-order valence-electron chi connectivity index (χ1n) is 12.3. The number of hydrogen-bond donors (Lipinski definition) is 3. The van der Waals surface area contributed by atoms with Gasteiger partial charge in [0.1, 0.15) is 17.8 Å². The zero-order valence-corrected chi connectivity index (χ0v) is 19.7. The lowest BCUT2D eigenvalue weighted by Crippen LogP contribution is -2.45. The summed E-state index contributed by atoms with van der Waals surface area (Å²) in [6.45, 7) is 1.94. The minimum atomic E-state index is -0.756. The molecule has 2 aliphatic carbocycles. The second-order valence-corrected chi connectivity index (χ2v) is 10.3. The Kier molecular flexibility index (Phi) is 5.16. The molecular weight excluding hydrogens is 446 g/mol. The Balaban J connectivity index is 1.25. The molecule has 3 N–H and O–H groups in total. The van der Waals surface area contributed by atoms with Crippen LogP contribution in [0.1, 0.15) is 55.5 Å². The second-order valence-electron chi connectivity index (χ2n) is 10.3. The number of pyridine rings is 2. The van der Waals surface area contributed by atoms with Crippen LogP contribution < -0.4 is 16.2 Å². The molecule has 3 aliphatic rings. The molecular formula is C26H29N5O4. The van der Waals surface area contributed by atoms with Crippen molar-refractivity contribution >= 4 is 28.6 Å². The van der Waals surface area contributed by atoms with Crippen molar-refractivity contribution in [3.05, 3.63) is 57.9 Å². The fourth-order valence-corrected chi connectivity index (χ4v) is 5.25. The molecule has 2 saturated carbocycles. The van der Waals surface area contributed by atoms with Crippen molar-refractivity contribution in [1.82, 2.24) is 19.9 Å². The highest BCUT2D eigenvalue weighted by molar-refractivity contribution is 5.89. The third-order valence-corrected chi connectivity index (χ3v) is 7.41. The molecule has 0 spiro atoms. The van der Waals surface area contributed by atoms with Gasteiger partial charge in [-0.2, -0.15) is 0 Å². The fourth-order valence-electron chi connectivity index (χ4n) is 5.25. The van der Waals surface area contributed by atoms with Gasteiger partial charge in [0, 0.05) is 22.8 Å². The number of H-pyrrole nitrogens is 1. The molecule has 9 heteroatoms. The van der Waals surface area contributed by atoms with E-state index < -0.39 is 11.7 Å². The highest BCUT2D eigenvalue weighted by Crippen LogP contribution is 2.52. The van der Waals surface area contributed by atoms with E-state index in [-0.39, 0.29) is 30.2 Å². The number of nitrogens with one attached hydrogen (secondary N) is 3. The lowest BCUT2D eigenvalue weighted by molar-refractivity contribution is -0.121. The number of anilines is 1. The van der Waals surface area contributed by atoms with Crippen LogP contribution in [0.5, 0.6) is 0 Å². The average Bonchev–Trinajstić information content (AvgIpc) is 3.76. The van der Waals surface area contributed by atoms with Gasteiger partial charge in [0.05, 0.1) is 24.0 Å². The molecule has 1 aliphatic heterocycles. The molecule has 0 aromatic carbocycles. The van der Waals surface area contributed by atoms with Crippen molar-refractivity contribution in [2.45, 2.75) is 64.1 Å². The third-order valence-electron chi connectivity index (χ3n) is 7.41. The van der Waals surface area contributed by atoms with E-state index in [0.29, 0.717) is 17.5 Å². The van der Waals surface area contributed by atoms with Gasteiger partial charge in [0.2, 0.25) is 5.91 Å². The van der Waals surface area contributed by atoms with Crippen LogP contribution >= 0.6 is 0 Å². The summed E-state index contributed by atoms with van der Waals surface area (Å²) in [5, 5.41) is 6.51. The number of fused-ring (bicyclic) bond motifs is 2. The SMILES string of the molecule is Cc1cc2c(c(=O)n1CC(=O)NCc1cc3cc[nH]c3cn1)NC(=O)OC2(CC1CC1)CC1CC1. The first-order valence-corrected chi connectivity index (χ1v) is 12.3. The molecule has 182 valence electrons. The standard InChI is InChI=1S/C26H29N5O4/c1-15-8-20-23(30-25(34)35-26(20,10-16-2-3-16)11-17-4-5-17)24(33)31(15)14-22(32)29-12-19-9-18-6-7-27-21(18)13-28-19/h6-9,13,16-17,27H,2-5,10-12,14H2,1H3,(H,29,32)(H,30,34). The minimum absolute atomic E-state index is 0.140. The lowest BCUT2D eigenvalue weighted by atomic mass is 9.81. The van der Waals surface area contributed by atoms with Crippen LogP contribution in [0.15, 0.2) is 35.4 Å². The predicted molar refractivity (Wildman–Crippen MR) is 130 cm³/mol. The molecule has 35 heavy (non-hydrogen) atoms. The Labute approximate surface area is 202 Å². The molecule has 3 aromatic rings. The number of rotatable bonds is 8. The highest BCUT2D eigenvalue weighted by atomic mass is 16.6. The molecule has 0 radical (unpaired) electrons. The van der Waals surface area contributed by atoms with Crippen LogP contribution in [0.3, 0.4) is 0 Å². The summed E-state index contributed by atoms with van der Waals surface area (Å²) >= 11 is 0. The highest BCUT2D eigenvalue weighted by Gasteiger charge is 2.49. The Morgan fingerprint density at radius 2 is 1.94 bits per heavy atom. The first-order chi connectivity index (χ1) is 16.9. The van der Waals surface area contributed by atoms with Gasteiger partial charge in [-0.25, -0.2) is 4.79 Å². The summed E-state index contributed by atoms with van der Waals surface area (Å²) < 4.78 is 7.38. The summed E-state index contributed by atoms with van der Waals surface area (Å²) in [7, 11) is 0. The van der Waals surface area contributed by atoms with Crippen molar-refractivity contribution in [2.75, 3.05) is 5.32 Å². The number of ether oxygens (including phenoxy) is 1. The van der Waals surface area contributed by atoms with Crippen molar-refractivity contribution in [1.29, 1.82) is 0 Å². The number of aromatic amines is 1. The summed E-state index contributed by atoms with van der Waals surface area (Å²) in [5.41, 5.74) is 2.23. The van der Waals surface area contributed by atoms with Crippen molar-refractivity contribution < 1.29 is 14.3 Å². The number of nitrogens with zero attached hydrogens (tertiary/aromatic N) is 2. The monoisotopic (exact) mass is 475 g/mol. The number of carbonyl (C=O) groups excluding carboxylic acids is 2. The zero-order valence-electron chi connectivity index (χ0n) is 19.7. The lowest BCUT2D eigenvalue weighted by Gasteiger charge is -2.39. The molecule has 0 atom stereocenters. The number of hydrogen-bond acceptors (Lipinski definition) is 5. The van der Waals surface area contributed by atoms with Gasteiger partial charge in [-0.15, -0.1) is 0 Å². The zero-order chi connectivity index (χ0) is 24.2. The molecule has 2 amide bonds. The van der Waals surface area contributed by atoms with Crippen LogP contribution in [-0.4, -0.2) is 26.5 Å². The van der Waals surface area contributed by atoms with Gasteiger partial charge in [-0.05, 0) is 49.8 Å². The molecule has 4 heterocycles. The van der Waals surface area contributed by atoms with Crippen molar-refractivity contribution in [3.63, 3.8) is 0 Å².